The van der Waals surface area contributed by atoms with Crippen molar-refractivity contribution in [3.8, 4) is 5.75 Å². The lowest BCUT2D eigenvalue weighted by molar-refractivity contribution is -0.119. The summed E-state index contributed by atoms with van der Waals surface area (Å²) in [6, 6.07) is 14.3. The molecule has 0 spiro atoms. The molecule has 1 aliphatic heterocycles. The first-order chi connectivity index (χ1) is 14.9. The van der Waals surface area contributed by atoms with Crippen molar-refractivity contribution in [3.05, 3.63) is 70.2 Å². The molecule has 2 atom stereocenters. The first-order valence-electron chi connectivity index (χ1n) is 10.0. The third kappa shape index (κ3) is 3.90. The number of ether oxygens (including phenoxy) is 1. The Morgan fingerprint density at radius 3 is 2.48 bits per heavy atom. The number of nitrogens with zero attached hydrogens (tertiary/aromatic N) is 3. The Bertz CT molecular complexity index is 1110. The summed E-state index contributed by atoms with van der Waals surface area (Å²) < 4.78 is 5.26. The zero-order chi connectivity index (χ0) is 22.1. The lowest BCUT2D eigenvalue weighted by Crippen LogP contribution is -2.44. The quantitative estimate of drug-likeness (QED) is 0.647. The monoisotopic (exact) mass is 436 g/mol. The fourth-order valence-electron chi connectivity index (χ4n) is 3.88. The van der Waals surface area contributed by atoms with E-state index in [2.05, 4.69) is 15.5 Å². The predicted molar refractivity (Wildman–Crippen MR) is 120 cm³/mol. The number of fused-ring (bicyclic) bond motifs is 1. The van der Waals surface area contributed by atoms with Gasteiger partial charge in [0.1, 0.15) is 10.8 Å². The van der Waals surface area contributed by atoms with Crippen LogP contribution in [0.4, 0.5) is 5.13 Å². The van der Waals surface area contributed by atoms with E-state index in [0.29, 0.717) is 22.0 Å². The SMILES string of the molecule is COc1ccc(C2C(C(=O)Nc3nnc(C(C)C)s3)c3ccccc3C(=O)N2C)cc1. The third-order valence-corrected chi connectivity index (χ3v) is 6.62. The second-order valence-corrected chi connectivity index (χ2v) is 8.80. The minimum atomic E-state index is -0.598. The number of anilines is 1. The Morgan fingerprint density at radius 1 is 1.13 bits per heavy atom. The number of benzene rings is 2. The van der Waals surface area contributed by atoms with Gasteiger partial charge in [-0.2, -0.15) is 0 Å². The molecule has 0 fully saturated rings. The molecule has 31 heavy (non-hydrogen) atoms. The first-order valence-corrected chi connectivity index (χ1v) is 10.9. The normalized spacial score (nSPS) is 18.1. The van der Waals surface area contributed by atoms with Gasteiger partial charge in [-0.05, 0) is 29.3 Å². The van der Waals surface area contributed by atoms with Gasteiger partial charge in [0.25, 0.3) is 5.91 Å². The predicted octanol–water partition coefficient (Wildman–Crippen LogP) is 4.22. The maximum atomic E-state index is 13.5. The van der Waals surface area contributed by atoms with Crippen LogP contribution in [0, 0.1) is 0 Å². The van der Waals surface area contributed by atoms with Crippen molar-refractivity contribution in [2.45, 2.75) is 31.7 Å². The smallest absolute Gasteiger partial charge is 0.254 e. The molecular formula is C23H24N4O3S. The standard InChI is InChI=1S/C23H24N4O3S/c1-13(2)21-25-26-23(31-21)24-20(28)18-16-7-5-6-8-17(16)22(29)27(3)19(18)14-9-11-15(30-4)12-10-14/h5-13,18-19H,1-4H3,(H,24,26,28). The number of carbonyl (C=O) groups excluding carboxylic acids is 2. The molecule has 1 N–H and O–H groups in total. The van der Waals surface area contributed by atoms with E-state index in [0.717, 1.165) is 10.6 Å². The number of carbonyl (C=O) groups is 2. The van der Waals surface area contributed by atoms with Gasteiger partial charge < -0.3 is 9.64 Å². The number of hydrogen-bond acceptors (Lipinski definition) is 6. The molecule has 1 aliphatic rings. The molecular weight excluding hydrogens is 412 g/mol. The summed E-state index contributed by atoms with van der Waals surface area (Å²) in [5.74, 6) is 0.00984. The van der Waals surface area contributed by atoms with E-state index in [4.69, 9.17) is 4.74 Å². The molecule has 2 aromatic carbocycles. The fourth-order valence-corrected chi connectivity index (χ4v) is 4.63. The van der Waals surface area contributed by atoms with Crippen molar-refractivity contribution in [2.75, 3.05) is 19.5 Å². The number of amides is 2. The van der Waals surface area contributed by atoms with Crippen LogP contribution in [0.5, 0.6) is 5.75 Å². The summed E-state index contributed by atoms with van der Waals surface area (Å²) in [6.45, 7) is 4.06. The minimum Gasteiger partial charge on any atom is -0.497 e. The van der Waals surface area contributed by atoms with E-state index >= 15 is 0 Å². The summed E-state index contributed by atoms with van der Waals surface area (Å²) in [5.41, 5.74) is 2.10. The van der Waals surface area contributed by atoms with Crippen molar-refractivity contribution in [1.82, 2.24) is 15.1 Å². The second-order valence-electron chi connectivity index (χ2n) is 7.79. The van der Waals surface area contributed by atoms with E-state index in [1.807, 2.05) is 56.3 Å². The molecule has 2 heterocycles. The van der Waals surface area contributed by atoms with Crippen molar-refractivity contribution in [1.29, 1.82) is 0 Å². The lowest BCUT2D eigenvalue weighted by Gasteiger charge is -2.39. The van der Waals surface area contributed by atoms with E-state index < -0.39 is 12.0 Å². The van der Waals surface area contributed by atoms with E-state index in [1.54, 1.807) is 25.1 Å². The van der Waals surface area contributed by atoms with Gasteiger partial charge in [-0.3, -0.25) is 14.9 Å². The molecule has 0 bridgehead atoms. The molecule has 0 aliphatic carbocycles. The highest BCUT2D eigenvalue weighted by atomic mass is 32.1. The van der Waals surface area contributed by atoms with Gasteiger partial charge in [-0.15, -0.1) is 10.2 Å². The van der Waals surface area contributed by atoms with Gasteiger partial charge in [0.15, 0.2) is 0 Å². The lowest BCUT2D eigenvalue weighted by atomic mass is 9.79. The molecule has 4 rings (SSSR count). The summed E-state index contributed by atoms with van der Waals surface area (Å²) in [4.78, 5) is 28.2. The van der Waals surface area contributed by atoms with Crippen molar-refractivity contribution < 1.29 is 14.3 Å². The van der Waals surface area contributed by atoms with Crippen LogP contribution in [0.25, 0.3) is 0 Å². The average molecular weight is 437 g/mol. The second kappa shape index (κ2) is 8.47. The summed E-state index contributed by atoms with van der Waals surface area (Å²) in [7, 11) is 3.33. The number of hydrogen-bond donors (Lipinski definition) is 1. The van der Waals surface area contributed by atoms with Crippen LogP contribution in [-0.4, -0.2) is 41.1 Å². The Labute approximate surface area is 185 Å². The molecule has 2 unspecified atom stereocenters. The highest BCUT2D eigenvalue weighted by molar-refractivity contribution is 7.15. The Hall–Kier alpha value is -3.26. The third-order valence-electron chi connectivity index (χ3n) is 5.48. The van der Waals surface area contributed by atoms with Gasteiger partial charge in [0, 0.05) is 18.5 Å². The molecule has 8 heteroatoms. The molecule has 0 saturated carbocycles. The van der Waals surface area contributed by atoms with Crippen LogP contribution < -0.4 is 10.1 Å². The maximum Gasteiger partial charge on any atom is 0.254 e. The highest BCUT2D eigenvalue weighted by Gasteiger charge is 2.42. The highest BCUT2D eigenvalue weighted by Crippen LogP contribution is 2.43. The Kier molecular flexibility index (Phi) is 5.73. The largest absolute Gasteiger partial charge is 0.497 e. The zero-order valence-electron chi connectivity index (χ0n) is 17.8. The van der Waals surface area contributed by atoms with E-state index in [-0.39, 0.29) is 17.7 Å². The van der Waals surface area contributed by atoms with Crippen LogP contribution in [0.3, 0.4) is 0 Å². The molecule has 0 radical (unpaired) electrons. The van der Waals surface area contributed by atoms with Crippen LogP contribution >= 0.6 is 11.3 Å². The number of methoxy groups -OCH3 is 1. The molecule has 7 nitrogen and oxygen atoms in total. The number of aromatic nitrogens is 2. The maximum absolute atomic E-state index is 13.5. The zero-order valence-corrected chi connectivity index (χ0v) is 18.6. The average Bonchev–Trinajstić information content (AvgIpc) is 3.25. The van der Waals surface area contributed by atoms with E-state index in [9.17, 15) is 9.59 Å². The van der Waals surface area contributed by atoms with E-state index in [1.165, 1.54) is 11.3 Å². The van der Waals surface area contributed by atoms with Gasteiger partial charge in [0.05, 0.1) is 19.1 Å². The van der Waals surface area contributed by atoms with Crippen molar-refractivity contribution in [2.24, 2.45) is 0 Å². The van der Waals surface area contributed by atoms with Gasteiger partial charge in [-0.1, -0.05) is 55.5 Å². The molecule has 0 saturated heterocycles. The van der Waals surface area contributed by atoms with Crippen molar-refractivity contribution >= 4 is 28.3 Å². The number of rotatable bonds is 5. The van der Waals surface area contributed by atoms with Crippen LogP contribution in [0.2, 0.25) is 0 Å². The van der Waals surface area contributed by atoms with Gasteiger partial charge in [-0.25, -0.2) is 0 Å². The topological polar surface area (TPSA) is 84.4 Å². The van der Waals surface area contributed by atoms with Crippen LogP contribution in [0.15, 0.2) is 48.5 Å². The Balaban J connectivity index is 1.76. The molecule has 3 aromatic rings. The van der Waals surface area contributed by atoms with Gasteiger partial charge in [0.2, 0.25) is 11.0 Å². The molecule has 2 amide bonds. The summed E-state index contributed by atoms with van der Waals surface area (Å²) in [6.07, 6.45) is 0. The minimum absolute atomic E-state index is 0.113. The van der Waals surface area contributed by atoms with Crippen LogP contribution in [-0.2, 0) is 4.79 Å². The Morgan fingerprint density at radius 2 is 1.84 bits per heavy atom. The molecule has 1 aromatic heterocycles. The number of likely N-dealkylation sites (N-methyl/N-ethyl adjacent to an activating group) is 1. The van der Waals surface area contributed by atoms with Gasteiger partial charge >= 0.3 is 0 Å². The fraction of sp³-hybridized carbons (Fsp3) is 0.304. The molecule has 160 valence electrons. The van der Waals surface area contributed by atoms with Crippen LogP contribution in [0.1, 0.15) is 58.2 Å². The summed E-state index contributed by atoms with van der Waals surface area (Å²) in [5, 5.41) is 12.5. The summed E-state index contributed by atoms with van der Waals surface area (Å²) >= 11 is 1.37. The first kappa shape index (κ1) is 21.0. The number of nitrogens with one attached hydrogen (secondary N) is 1. The van der Waals surface area contributed by atoms with Crippen molar-refractivity contribution in [3.63, 3.8) is 0 Å².